The molecule has 0 radical (unpaired) electrons. The molecule has 11 heteroatoms. The minimum Gasteiger partial charge on any atom is -0.369 e. The number of aromatic amines is 1. The maximum atomic E-state index is 11.8. The normalized spacial score (nSPS) is 24.0. The quantitative estimate of drug-likeness (QED) is 0.446. The summed E-state index contributed by atoms with van der Waals surface area (Å²) in [5.74, 6) is -0.00395. The van der Waals surface area contributed by atoms with Crippen molar-refractivity contribution in [1.82, 2.24) is 19.5 Å². The Balaban J connectivity index is 1.89. The lowest BCUT2D eigenvalue weighted by Gasteiger charge is -2.28. The molecule has 2 atom stereocenters. The first-order chi connectivity index (χ1) is 11.2. The minimum absolute atomic E-state index is 0.00395. The molecule has 0 unspecified atom stereocenters. The molecule has 0 aliphatic heterocycles. The summed E-state index contributed by atoms with van der Waals surface area (Å²) in [5.41, 5.74) is 4.93. The number of hydrogen-bond acceptors (Lipinski definition) is 6. The molecule has 130 valence electrons. The van der Waals surface area contributed by atoms with Crippen molar-refractivity contribution in [2.24, 2.45) is 0 Å². The van der Waals surface area contributed by atoms with Crippen LogP contribution in [0.5, 0.6) is 0 Å². The van der Waals surface area contributed by atoms with Crippen LogP contribution in [0.1, 0.15) is 25.8 Å². The number of anilines is 1. The molecule has 0 saturated carbocycles. The zero-order valence-electron chi connectivity index (χ0n) is 12.9. The molecule has 2 aromatic rings. The molecule has 24 heavy (non-hydrogen) atoms. The van der Waals surface area contributed by atoms with Gasteiger partial charge in [0.1, 0.15) is 6.35 Å². The Kier molecular flexibility index (Phi) is 4.08. The van der Waals surface area contributed by atoms with E-state index in [0.717, 1.165) is 0 Å². The molecule has 10 nitrogen and oxygen atoms in total. The summed E-state index contributed by atoms with van der Waals surface area (Å²) in [5, 5.41) is 0. The zero-order chi connectivity index (χ0) is 17.5. The maximum Gasteiger partial charge on any atom is 0.351 e. The lowest BCUT2D eigenvalue weighted by Crippen LogP contribution is -2.29. The topological polar surface area (TPSA) is 156 Å². The van der Waals surface area contributed by atoms with Crippen LogP contribution in [-0.2, 0) is 9.30 Å². The molecule has 1 aliphatic rings. The van der Waals surface area contributed by atoms with E-state index in [2.05, 4.69) is 15.0 Å². The lowest BCUT2D eigenvalue weighted by molar-refractivity contribution is 0.00293. The number of imidazole rings is 1. The smallest absolute Gasteiger partial charge is 0.351 e. The van der Waals surface area contributed by atoms with Crippen LogP contribution < -0.4 is 11.3 Å². The highest BCUT2D eigenvalue weighted by molar-refractivity contribution is 7.51. The van der Waals surface area contributed by atoms with Gasteiger partial charge >= 0.3 is 7.60 Å². The Labute approximate surface area is 136 Å². The molecule has 3 rings (SSSR count). The maximum absolute atomic E-state index is 11.8. The number of nitrogens with one attached hydrogen (secondary N) is 1. The molecule has 0 amide bonds. The fourth-order valence-electron chi connectivity index (χ4n) is 2.84. The largest absolute Gasteiger partial charge is 0.369 e. The van der Waals surface area contributed by atoms with E-state index in [4.69, 9.17) is 20.3 Å². The first kappa shape index (κ1) is 16.8. The third kappa shape index (κ3) is 3.13. The van der Waals surface area contributed by atoms with Crippen molar-refractivity contribution in [3.05, 3.63) is 28.8 Å². The van der Waals surface area contributed by atoms with Gasteiger partial charge in [0.2, 0.25) is 5.95 Å². The molecule has 0 fully saturated rings. The van der Waals surface area contributed by atoms with Gasteiger partial charge in [-0.1, -0.05) is 19.1 Å². The van der Waals surface area contributed by atoms with Gasteiger partial charge in [0.15, 0.2) is 11.2 Å². The highest BCUT2D eigenvalue weighted by Crippen LogP contribution is 2.42. The van der Waals surface area contributed by atoms with Crippen molar-refractivity contribution >= 4 is 24.7 Å². The predicted molar refractivity (Wildman–Crippen MR) is 86.4 cm³/mol. The molecule has 0 bridgehead atoms. The molecular weight excluding hydrogens is 337 g/mol. The number of allylic oxidation sites excluding steroid dienone is 1. The van der Waals surface area contributed by atoms with Gasteiger partial charge in [-0.2, -0.15) is 4.98 Å². The number of rotatable bonds is 5. The average Bonchev–Trinajstić information content (AvgIpc) is 3.09. The second-order valence-corrected chi connectivity index (χ2v) is 7.35. The van der Waals surface area contributed by atoms with Gasteiger partial charge < -0.3 is 24.8 Å². The predicted octanol–water partition coefficient (Wildman–Crippen LogP) is 0.503. The van der Waals surface area contributed by atoms with Gasteiger partial charge in [-0.15, -0.1) is 0 Å². The van der Waals surface area contributed by atoms with Crippen LogP contribution in [0.25, 0.3) is 11.2 Å². The number of aromatic nitrogens is 4. The highest BCUT2D eigenvalue weighted by Gasteiger charge is 2.37. The summed E-state index contributed by atoms with van der Waals surface area (Å²) in [7, 11) is -4.26. The van der Waals surface area contributed by atoms with E-state index in [9.17, 15) is 9.36 Å². The zero-order valence-corrected chi connectivity index (χ0v) is 13.8. The highest BCUT2D eigenvalue weighted by atomic mass is 31.2. The van der Waals surface area contributed by atoms with Gasteiger partial charge in [0.05, 0.1) is 18.0 Å². The summed E-state index contributed by atoms with van der Waals surface area (Å²) in [6.45, 7) is 1.87. The molecule has 1 aliphatic carbocycles. The van der Waals surface area contributed by atoms with Gasteiger partial charge in [0, 0.05) is 6.42 Å². The third-order valence-corrected chi connectivity index (χ3v) is 4.57. The van der Waals surface area contributed by atoms with Crippen molar-refractivity contribution in [3.8, 4) is 0 Å². The summed E-state index contributed by atoms with van der Waals surface area (Å²) < 4.78 is 18.3. The van der Waals surface area contributed by atoms with E-state index >= 15 is 0 Å². The molecule has 2 aromatic heterocycles. The molecule has 0 saturated heterocycles. The van der Waals surface area contributed by atoms with E-state index in [1.54, 1.807) is 10.6 Å². The minimum atomic E-state index is -4.26. The lowest BCUT2D eigenvalue weighted by atomic mass is 9.99. The molecule has 0 spiro atoms. The van der Waals surface area contributed by atoms with Crippen molar-refractivity contribution in [2.75, 3.05) is 12.1 Å². The Bertz CT molecular complexity index is 900. The van der Waals surface area contributed by atoms with Crippen molar-refractivity contribution in [1.29, 1.82) is 0 Å². The van der Waals surface area contributed by atoms with E-state index in [0.29, 0.717) is 18.5 Å². The first-order valence-corrected chi connectivity index (χ1v) is 9.13. The number of H-pyrrole nitrogens is 1. The molecule has 5 N–H and O–H groups in total. The van der Waals surface area contributed by atoms with Crippen LogP contribution in [0.3, 0.4) is 0 Å². The number of fused-ring (bicyclic) bond motifs is 1. The first-order valence-electron chi connectivity index (χ1n) is 7.33. The van der Waals surface area contributed by atoms with Crippen LogP contribution in [0.4, 0.5) is 5.95 Å². The molecule has 0 aromatic carbocycles. The van der Waals surface area contributed by atoms with E-state index < -0.39 is 25.1 Å². The summed E-state index contributed by atoms with van der Waals surface area (Å²) in [6, 6.07) is -0.208. The molecule has 2 heterocycles. The number of ether oxygens (including phenoxy) is 1. The van der Waals surface area contributed by atoms with Crippen molar-refractivity contribution in [3.63, 3.8) is 0 Å². The average molecular weight is 355 g/mol. The van der Waals surface area contributed by atoms with Gasteiger partial charge in [0.25, 0.3) is 5.56 Å². The van der Waals surface area contributed by atoms with Crippen molar-refractivity contribution < 1.29 is 19.1 Å². The number of hydrogen-bond donors (Lipinski definition) is 4. The number of nitrogens with two attached hydrogens (primary N) is 1. The Morgan fingerprint density at radius 3 is 3.00 bits per heavy atom. The van der Waals surface area contributed by atoms with Crippen LogP contribution in [-0.4, -0.2) is 41.3 Å². The molecular formula is C13H18N5O5P. The second kappa shape index (κ2) is 5.82. The van der Waals surface area contributed by atoms with Crippen molar-refractivity contribution in [2.45, 2.75) is 31.4 Å². The summed E-state index contributed by atoms with van der Waals surface area (Å²) >= 11 is 0. The number of nitrogens with zero attached hydrogens (tertiary/aromatic N) is 3. The van der Waals surface area contributed by atoms with Crippen LogP contribution in [0.15, 0.2) is 23.3 Å². The number of nitrogen functional groups attached to an aromatic ring is 1. The Hall–Kier alpha value is -2.00. The second-order valence-electron chi connectivity index (χ2n) is 5.76. The SMILES string of the molecule is CC[C@@]1(OCP(=O)(O)O)C=C[C@H](n2cnc3c(=O)[nH]c(N)nc32)C1. The van der Waals surface area contributed by atoms with E-state index in [1.165, 1.54) is 6.33 Å². The Morgan fingerprint density at radius 2 is 2.33 bits per heavy atom. The summed E-state index contributed by atoms with van der Waals surface area (Å²) in [6.07, 6.45) is 5.48. The van der Waals surface area contributed by atoms with E-state index in [1.807, 2.05) is 13.0 Å². The Morgan fingerprint density at radius 1 is 1.58 bits per heavy atom. The fraction of sp³-hybridized carbons (Fsp3) is 0.462. The summed E-state index contributed by atoms with van der Waals surface area (Å²) in [4.78, 5) is 40.5. The fourth-order valence-corrected chi connectivity index (χ4v) is 3.26. The van der Waals surface area contributed by atoms with Crippen LogP contribution in [0.2, 0.25) is 0 Å². The van der Waals surface area contributed by atoms with Crippen LogP contribution in [0, 0.1) is 0 Å². The van der Waals surface area contributed by atoms with E-state index in [-0.39, 0.29) is 17.5 Å². The van der Waals surface area contributed by atoms with Gasteiger partial charge in [-0.25, -0.2) is 4.98 Å². The monoisotopic (exact) mass is 355 g/mol. The van der Waals surface area contributed by atoms with Gasteiger partial charge in [-0.05, 0) is 6.42 Å². The van der Waals surface area contributed by atoms with Crippen LogP contribution >= 0.6 is 7.60 Å². The standard InChI is InChI=1S/C13H18N5O5P/c1-2-13(23-7-24(20,21)22)4-3-8(5-13)18-6-15-9-10(18)16-12(14)17-11(9)19/h3-4,6,8H,2,5,7H2,1H3,(H2,20,21,22)(H3,14,16,17,19)/t8-,13+/m0/s1. The third-order valence-electron chi connectivity index (χ3n) is 4.10. The van der Waals surface area contributed by atoms with Gasteiger partial charge in [-0.3, -0.25) is 14.3 Å².